The molecule has 0 saturated heterocycles. The number of nitrogens with one attached hydrogen (secondary N) is 2. The molecule has 156 valence electrons. The highest BCUT2D eigenvalue weighted by molar-refractivity contribution is 7.16. The maximum absolute atomic E-state index is 12.9. The molecular weight excluding hydrogens is 384 g/mol. The average molecular weight is 415 g/mol. The van der Waals surface area contributed by atoms with Crippen molar-refractivity contribution in [1.29, 1.82) is 0 Å². The van der Waals surface area contributed by atoms with Crippen LogP contribution in [0, 0.1) is 0 Å². The Hall–Kier alpha value is -2.25. The smallest absolute Gasteiger partial charge is 0.256 e. The fourth-order valence-corrected chi connectivity index (χ4v) is 5.59. The highest BCUT2D eigenvalue weighted by Crippen LogP contribution is 2.42. The van der Waals surface area contributed by atoms with Gasteiger partial charge in [0.25, 0.3) is 5.91 Å². The van der Waals surface area contributed by atoms with Crippen LogP contribution in [0.2, 0.25) is 0 Å². The molecule has 1 atom stereocenters. The summed E-state index contributed by atoms with van der Waals surface area (Å²) in [5.74, 6) is 0.148. The van der Waals surface area contributed by atoms with Crippen LogP contribution < -0.4 is 15.5 Å². The van der Waals surface area contributed by atoms with Crippen LogP contribution in [0.1, 0.15) is 60.2 Å². The minimum atomic E-state index is -0.429. The Bertz CT molecular complexity index is 920. The van der Waals surface area contributed by atoms with Crippen LogP contribution in [0.25, 0.3) is 0 Å². The van der Waals surface area contributed by atoms with E-state index in [9.17, 15) is 9.90 Å². The second-order valence-electron chi connectivity index (χ2n) is 7.99. The number of hydrogen-bond acceptors (Lipinski definition) is 6. The number of fused-ring (bicyclic) bond motifs is 3. The Balaban J connectivity index is 1.61. The Labute approximate surface area is 176 Å². The van der Waals surface area contributed by atoms with Gasteiger partial charge in [-0.05, 0) is 51.8 Å². The summed E-state index contributed by atoms with van der Waals surface area (Å²) in [5.41, 5.74) is 3.66. The van der Waals surface area contributed by atoms with E-state index in [-0.39, 0.29) is 11.7 Å². The molecule has 2 aromatic rings. The van der Waals surface area contributed by atoms with Crippen molar-refractivity contribution in [2.24, 2.45) is 0 Å². The number of phenolic OH excluding ortho intramolecular Hbond substituents is 1. The third-order valence-corrected chi connectivity index (χ3v) is 7.20. The summed E-state index contributed by atoms with van der Waals surface area (Å²) in [6, 6.07) is 6.19. The Morgan fingerprint density at radius 2 is 2.03 bits per heavy atom. The van der Waals surface area contributed by atoms with Crippen molar-refractivity contribution in [2.45, 2.75) is 52.9 Å². The standard InChI is InChI=1S/C22H30N4O2S/c1-5-25(6-2)14-7-8-15(17(27)11-14)20-23-21(28)19-16-9-10-26(13(3)4)12-18(16)29-22(19)24-20/h7-8,11,13,20,24,27H,5-6,9-10,12H2,1-4H3,(H,23,28). The van der Waals surface area contributed by atoms with Crippen molar-refractivity contribution in [3.8, 4) is 5.75 Å². The number of benzene rings is 1. The number of nitrogens with zero attached hydrogens (tertiary/aromatic N) is 2. The van der Waals surface area contributed by atoms with E-state index in [1.165, 1.54) is 10.4 Å². The van der Waals surface area contributed by atoms with Crippen LogP contribution in [0.4, 0.5) is 10.7 Å². The first-order valence-corrected chi connectivity index (χ1v) is 11.3. The van der Waals surface area contributed by atoms with Crippen molar-refractivity contribution < 1.29 is 9.90 Å². The summed E-state index contributed by atoms with van der Waals surface area (Å²) in [6.07, 6.45) is 0.477. The molecular formula is C22H30N4O2S. The van der Waals surface area contributed by atoms with Gasteiger partial charge in [-0.15, -0.1) is 11.3 Å². The van der Waals surface area contributed by atoms with Crippen molar-refractivity contribution in [2.75, 3.05) is 29.9 Å². The lowest BCUT2D eigenvalue weighted by Crippen LogP contribution is -2.39. The molecule has 4 rings (SSSR count). The van der Waals surface area contributed by atoms with Crippen molar-refractivity contribution in [1.82, 2.24) is 10.2 Å². The zero-order valence-electron chi connectivity index (χ0n) is 17.6. The van der Waals surface area contributed by atoms with E-state index in [4.69, 9.17) is 0 Å². The fourth-order valence-electron chi connectivity index (χ4n) is 4.29. The van der Waals surface area contributed by atoms with E-state index < -0.39 is 6.17 Å². The van der Waals surface area contributed by atoms with Gasteiger partial charge in [0.15, 0.2) is 0 Å². The summed E-state index contributed by atoms with van der Waals surface area (Å²) in [5, 5.41) is 18.1. The first kappa shape index (κ1) is 20.0. The number of rotatable bonds is 5. The van der Waals surface area contributed by atoms with Crippen LogP contribution in [-0.2, 0) is 13.0 Å². The van der Waals surface area contributed by atoms with Gasteiger partial charge in [-0.2, -0.15) is 0 Å². The number of aromatic hydroxyl groups is 1. The molecule has 1 aromatic carbocycles. The molecule has 3 N–H and O–H groups in total. The van der Waals surface area contributed by atoms with E-state index in [1.807, 2.05) is 12.1 Å². The lowest BCUT2D eigenvalue weighted by Gasteiger charge is -2.31. The van der Waals surface area contributed by atoms with Gasteiger partial charge < -0.3 is 20.6 Å². The molecule has 29 heavy (non-hydrogen) atoms. The molecule has 6 nitrogen and oxygen atoms in total. The second kappa shape index (κ2) is 7.88. The average Bonchev–Trinajstić information content (AvgIpc) is 3.07. The number of anilines is 2. The van der Waals surface area contributed by atoms with Crippen LogP contribution >= 0.6 is 11.3 Å². The molecule has 1 aromatic heterocycles. The molecule has 0 fully saturated rings. The molecule has 2 aliphatic heterocycles. The highest BCUT2D eigenvalue weighted by Gasteiger charge is 2.34. The van der Waals surface area contributed by atoms with Crippen molar-refractivity contribution in [3.63, 3.8) is 0 Å². The quantitative estimate of drug-likeness (QED) is 0.692. The van der Waals surface area contributed by atoms with E-state index in [1.54, 1.807) is 17.4 Å². The molecule has 0 saturated carbocycles. The van der Waals surface area contributed by atoms with Crippen LogP contribution in [-0.4, -0.2) is 41.6 Å². The van der Waals surface area contributed by atoms with Crippen molar-refractivity contribution >= 4 is 27.9 Å². The summed E-state index contributed by atoms with van der Waals surface area (Å²) in [6.45, 7) is 12.3. The summed E-state index contributed by atoms with van der Waals surface area (Å²) in [4.78, 5) is 18.9. The maximum Gasteiger partial charge on any atom is 0.256 e. The molecule has 1 unspecified atom stereocenters. The number of carbonyl (C=O) groups is 1. The van der Waals surface area contributed by atoms with Crippen LogP contribution in [0.5, 0.6) is 5.75 Å². The minimum Gasteiger partial charge on any atom is -0.507 e. The zero-order chi connectivity index (χ0) is 20.7. The topological polar surface area (TPSA) is 67.8 Å². The normalized spacial score (nSPS) is 18.8. The third-order valence-electron chi connectivity index (χ3n) is 6.05. The molecule has 3 heterocycles. The van der Waals surface area contributed by atoms with E-state index in [2.05, 4.69) is 48.1 Å². The van der Waals surface area contributed by atoms with Gasteiger partial charge in [0.2, 0.25) is 0 Å². The van der Waals surface area contributed by atoms with Gasteiger partial charge in [-0.1, -0.05) is 0 Å². The molecule has 0 bridgehead atoms. The first-order chi connectivity index (χ1) is 13.9. The fraction of sp³-hybridized carbons (Fsp3) is 0.500. The number of amides is 1. The summed E-state index contributed by atoms with van der Waals surface area (Å²) >= 11 is 1.68. The SMILES string of the molecule is CCN(CC)c1ccc(C2NC(=O)c3c(sc4c3CCN(C(C)C)C4)N2)c(O)c1. The molecule has 0 radical (unpaired) electrons. The molecule has 2 aliphatic rings. The predicted molar refractivity (Wildman–Crippen MR) is 119 cm³/mol. The Kier molecular flexibility index (Phi) is 5.44. The van der Waals surface area contributed by atoms with Crippen LogP contribution in [0.15, 0.2) is 18.2 Å². The van der Waals surface area contributed by atoms with Gasteiger partial charge >= 0.3 is 0 Å². The first-order valence-electron chi connectivity index (χ1n) is 10.5. The number of hydrogen-bond donors (Lipinski definition) is 3. The van der Waals surface area contributed by atoms with Crippen LogP contribution in [0.3, 0.4) is 0 Å². The maximum atomic E-state index is 12.9. The van der Waals surface area contributed by atoms with E-state index in [0.717, 1.165) is 48.9 Å². The highest BCUT2D eigenvalue weighted by atomic mass is 32.1. The zero-order valence-corrected chi connectivity index (χ0v) is 18.4. The van der Waals surface area contributed by atoms with Gasteiger partial charge in [-0.3, -0.25) is 9.69 Å². The van der Waals surface area contributed by atoms with Crippen molar-refractivity contribution in [3.05, 3.63) is 39.8 Å². The largest absolute Gasteiger partial charge is 0.507 e. The Morgan fingerprint density at radius 3 is 2.69 bits per heavy atom. The number of carbonyl (C=O) groups excluding carboxylic acids is 1. The molecule has 1 amide bonds. The predicted octanol–water partition coefficient (Wildman–Crippen LogP) is 3.92. The lowest BCUT2D eigenvalue weighted by molar-refractivity contribution is 0.0934. The monoisotopic (exact) mass is 414 g/mol. The summed E-state index contributed by atoms with van der Waals surface area (Å²) < 4.78 is 0. The van der Waals surface area contributed by atoms with E-state index in [0.29, 0.717) is 11.6 Å². The van der Waals surface area contributed by atoms with E-state index >= 15 is 0 Å². The van der Waals surface area contributed by atoms with Gasteiger partial charge in [0.1, 0.15) is 16.9 Å². The van der Waals surface area contributed by atoms with Gasteiger partial charge in [0, 0.05) is 54.4 Å². The molecule has 0 spiro atoms. The van der Waals surface area contributed by atoms with Gasteiger partial charge in [-0.25, -0.2) is 0 Å². The Morgan fingerprint density at radius 1 is 1.28 bits per heavy atom. The van der Waals surface area contributed by atoms with Gasteiger partial charge in [0.05, 0.1) is 5.56 Å². The minimum absolute atomic E-state index is 0.0496. The molecule has 7 heteroatoms. The lowest BCUT2D eigenvalue weighted by atomic mass is 9.99. The second-order valence-corrected chi connectivity index (χ2v) is 9.09. The summed E-state index contributed by atoms with van der Waals surface area (Å²) in [7, 11) is 0. The molecule has 0 aliphatic carbocycles. The number of phenols is 1. The third kappa shape index (κ3) is 3.57. The number of thiophene rings is 1.